The van der Waals surface area contributed by atoms with Crippen LogP contribution in [0.5, 0.6) is 5.75 Å². The molecule has 2 atom stereocenters. The van der Waals surface area contributed by atoms with E-state index in [9.17, 15) is 4.79 Å². The molecule has 1 unspecified atom stereocenters. The quantitative estimate of drug-likeness (QED) is 0.836. The molecule has 2 aliphatic rings. The van der Waals surface area contributed by atoms with Crippen LogP contribution in [0.4, 0.5) is 0 Å². The van der Waals surface area contributed by atoms with Crippen LogP contribution in [0.25, 0.3) is 0 Å². The zero-order valence-corrected chi connectivity index (χ0v) is 16.2. The van der Waals surface area contributed by atoms with E-state index in [4.69, 9.17) is 4.74 Å². The Bertz CT molecular complexity index is 623. The van der Waals surface area contributed by atoms with Crippen molar-refractivity contribution in [2.45, 2.75) is 40.0 Å². The van der Waals surface area contributed by atoms with Crippen LogP contribution in [0.3, 0.4) is 0 Å². The second-order valence-electron chi connectivity index (χ2n) is 7.21. The van der Waals surface area contributed by atoms with E-state index in [0.29, 0.717) is 11.8 Å². The Hall–Kier alpha value is -1.16. The number of benzene rings is 1. The molecule has 1 aliphatic heterocycles. The molecule has 132 valence electrons. The van der Waals surface area contributed by atoms with Gasteiger partial charge in [0.25, 0.3) is 0 Å². The maximum atomic E-state index is 12.9. The second kappa shape index (κ2) is 7.38. The third-order valence-corrected chi connectivity index (χ3v) is 6.82. The van der Waals surface area contributed by atoms with Crippen molar-refractivity contribution in [3.05, 3.63) is 28.3 Å². The number of hydrogen-bond donors (Lipinski definition) is 0. The first-order valence-corrected chi connectivity index (χ1v) is 10.2. The van der Waals surface area contributed by atoms with Crippen LogP contribution in [-0.4, -0.2) is 42.5 Å². The summed E-state index contributed by atoms with van der Waals surface area (Å²) in [5, 5.41) is 0. The number of carbonyl (C=O) groups excluding carboxylic acids is 1. The monoisotopic (exact) mass is 347 g/mol. The van der Waals surface area contributed by atoms with Gasteiger partial charge in [-0.15, -0.1) is 0 Å². The zero-order valence-electron chi connectivity index (χ0n) is 15.4. The maximum absolute atomic E-state index is 12.9. The lowest BCUT2D eigenvalue weighted by atomic mass is 9.74. The van der Waals surface area contributed by atoms with Gasteiger partial charge in [-0.25, -0.2) is 0 Å². The number of thioether (sulfide) groups is 1. The van der Waals surface area contributed by atoms with Crippen LogP contribution in [0.2, 0.25) is 0 Å². The Morgan fingerprint density at radius 3 is 2.67 bits per heavy atom. The summed E-state index contributed by atoms with van der Waals surface area (Å²) in [6.45, 7) is 8.32. The van der Waals surface area contributed by atoms with Crippen molar-refractivity contribution in [1.29, 1.82) is 0 Å². The van der Waals surface area contributed by atoms with E-state index in [1.165, 1.54) is 22.3 Å². The van der Waals surface area contributed by atoms with E-state index < -0.39 is 0 Å². The van der Waals surface area contributed by atoms with E-state index in [-0.39, 0.29) is 5.92 Å². The summed E-state index contributed by atoms with van der Waals surface area (Å²) in [4.78, 5) is 15.0. The van der Waals surface area contributed by atoms with Gasteiger partial charge in [0.2, 0.25) is 5.91 Å². The van der Waals surface area contributed by atoms with Crippen LogP contribution in [0, 0.1) is 25.7 Å². The van der Waals surface area contributed by atoms with Crippen LogP contribution < -0.4 is 4.74 Å². The topological polar surface area (TPSA) is 29.5 Å². The zero-order chi connectivity index (χ0) is 17.3. The Labute approximate surface area is 150 Å². The molecular weight excluding hydrogens is 318 g/mol. The molecule has 1 aliphatic carbocycles. The molecule has 0 spiro atoms. The van der Waals surface area contributed by atoms with Gasteiger partial charge in [0.1, 0.15) is 5.75 Å². The number of hydrogen-bond acceptors (Lipinski definition) is 3. The minimum absolute atomic E-state index is 0.118. The molecule has 1 saturated heterocycles. The predicted octanol–water partition coefficient (Wildman–Crippen LogP) is 3.63. The van der Waals surface area contributed by atoms with E-state index >= 15 is 0 Å². The van der Waals surface area contributed by atoms with Gasteiger partial charge in [0.05, 0.1) is 7.11 Å². The molecular formula is C20H29NO2S. The number of fused-ring (bicyclic) bond motifs is 1. The Morgan fingerprint density at radius 1 is 1.29 bits per heavy atom. The predicted molar refractivity (Wildman–Crippen MR) is 101 cm³/mol. The van der Waals surface area contributed by atoms with Gasteiger partial charge in [0, 0.05) is 30.5 Å². The van der Waals surface area contributed by atoms with Gasteiger partial charge in [-0.1, -0.05) is 6.92 Å². The summed E-state index contributed by atoms with van der Waals surface area (Å²) in [6, 6.07) is 2.16. The molecule has 24 heavy (non-hydrogen) atoms. The lowest BCUT2D eigenvalue weighted by Gasteiger charge is -2.35. The number of ether oxygens (including phenoxy) is 1. The third-order valence-electron chi connectivity index (χ3n) is 5.88. The number of amides is 1. The molecule has 1 heterocycles. The van der Waals surface area contributed by atoms with Gasteiger partial charge in [-0.3, -0.25) is 4.79 Å². The molecule has 0 radical (unpaired) electrons. The number of nitrogens with zero attached hydrogens (tertiary/aromatic N) is 1. The van der Waals surface area contributed by atoms with Crippen molar-refractivity contribution < 1.29 is 9.53 Å². The SMILES string of the molecule is COc1cc(C)c2c(c1C)C[C@H](C(C)C(=O)N1CCSCC1)CC2. The normalized spacial score (nSPS) is 22.0. The largest absolute Gasteiger partial charge is 0.496 e. The van der Waals surface area contributed by atoms with Crippen molar-refractivity contribution in [2.75, 3.05) is 31.7 Å². The molecule has 0 N–H and O–H groups in total. The molecule has 0 bridgehead atoms. The fourth-order valence-corrected chi connectivity index (χ4v) is 5.14. The molecule has 3 rings (SSSR count). The van der Waals surface area contributed by atoms with Gasteiger partial charge in [-0.05, 0) is 67.3 Å². The summed E-state index contributed by atoms with van der Waals surface area (Å²) < 4.78 is 5.55. The van der Waals surface area contributed by atoms with E-state index in [1.54, 1.807) is 7.11 Å². The van der Waals surface area contributed by atoms with Crippen LogP contribution in [-0.2, 0) is 17.6 Å². The first-order valence-electron chi connectivity index (χ1n) is 9.05. The van der Waals surface area contributed by atoms with Crippen molar-refractivity contribution >= 4 is 17.7 Å². The number of methoxy groups -OCH3 is 1. The van der Waals surface area contributed by atoms with Crippen LogP contribution in [0.15, 0.2) is 6.07 Å². The highest BCUT2D eigenvalue weighted by atomic mass is 32.2. The maximum Gasteiger partial charge on any atom is 0.225 e. The summed E-state index contributed by atoms with van der Waals surface area (Å²) >= 11 is 1.95. The van der Waals surface area contributed by atoms with Crippen molar-refractivity contribution in [3.63, 3.8) is 0 Å². The standard InChI is InChI=1S/C20H29NO2S/c1-13-11-19(23-4)15(3)18-12-16(5-6-17(13)18)14(2)20(22)21-7-9-24-10-8-21/h11,14,16H,5-10,12H2,1-4H3/t14?,16-/m1/s1. The molecule has 1 amide bonds. The van der Waals surface area contributed by atoms with Crippen molar-refractivity contribution in [3.8, 4) is 5.75 Å². The molecule has 1 fully saturated rings. The summed E-state index contributed by atoms with van der Waals surface area (Å²) in [5.41, 5.74) is 5.50. The van der Waals surface area contributed by atoms with Crippen LogP contribution >= 0.6 is 11.8 Å². The molecule has 3 nitrogen and oxygen atoms in total. The lowest BCUT2D eigenvalue weighted by Crippen LogP contribution is -2.43. The summed E-state index contributed by atoms with van der Waals surface area (Å²) in [5.74, 6) is 4.08. The van der Waals surface area contributed by atoms with E-state index in [0.717, 1.165) is 49.6 Å². The van der Waals surface area contributed by atoms with Gasteiger partial charge in [0.15, 0.2) is 0 Å². The molecule has 1 aromatic rings. The van der Waals surface area contributed by atoms with Crippen LogP contribution in [0.1, 0.15) is 35.6 Å². The highest BCUT2D eigenvalue weighted by Gasteiger charge is 2.32. The van der Waals surface area contributed by atoms with Gasteiger partial charge < -0.3 is 9.64 Å². The number of aryl methyl sites for hydroxylation is 1. The van der Waals surface area contributed by atoms with E-state index in [2.05, 4.69) is 31.7 Å². The van der Waals surface area contributed by atoms with Crippen molar-refractivity contribution in [2.24, 2.45) is 11.8 Å². The van der Waals surface area contributed by atoms with Gasteiger partial charge in [-0.2, -0.15) is 11.8 Å². The first kappa shape index (κ1) is 17.7. The average Bonchev–Trinajstić information content (AvgIpc) is 2.63. The van der Waals surface area contributed by atoms with E-state index in [1.807, 2.05) is 11.8 Å². The highest BCUT2D eigenvalue weighted by molar-refractivity contribution is 7.99. The third kappa shape index (κ3) is 3.30. The minimum Gasteiger partial charge on any atom is -0.496 e. The average molecular weight is 348 g/mol. The fourth-order valence-electron chi connectivity index (χ4n) is 4.24. The Morgan fingerprint density at radius 2 is 2.00 bits per heavy atom. The molecule has 4 heteroatoms. The number of rotatable bonds is 3. The Balaban J connectivity index is 1.78. The molecule has 0 aromatic heterocycles. The smallest absolute Gasteiger partial charge is 0.225 e. The first-order chi connectivity index (χ1) is 11.5. The summed E-state index contributed by atoms with van der Waals surface area (Å²) in [6.07, 6.45) is 3.22. The Kier molecular flexibility index (Phi) is 5.43. The number of carbonyl (C=O) groups is 1. The summed E-state index contributed by atoms with van der Waals surface area (Å²) in [7, 11) is 1.75. The second-order valence-corrected chi connectivity index (χ2v) is 8.43. The van der Waals surface area contributed by atoms with Gasteiger partial charge >= 0.3 is 0 Å². The molecule has 1 aromatic carbocycles. The molecule has 0 saturated carbocycles. The lowest BCUT2D eigenvalue weighted by molar-refractivity contribution is -0.136. The highest BCUT2D eigenvalue weighted by Crippen LogP contribution is 2.38. The van der Waals surface area contributed by atoms with Crippen molar-refractivity contribution in [1.82, 2.24) is 4.90 Å². The fraction of sp³-hybridized carbons (Fsp3) is 0.650. The minimum atomic E-state index is 0.118.